The second-order valence-electron chi connectivity index (χ2n) is 5.05. The van der Waals surface area contributed by atoms with E-state index in [0.717, 1.165) is 26.2 Å². The van der Waals surface area contributed by atoms with Gasteiger partial charge in [-0.15, -0.1) is 0 Å². The summed E-state index contributed by atoms with van der Waals surface area (Å²) >= 11 is 0. The van der Waals surface area contributed by atoms with E-state index in [9.17, 15) is 4.79 Å². The molecule has 0 aromatic rings. The number of carbonyl (C=O) groups is 1. The van der Waals surface area contributed by atoms with E-state index in [-0.39, 0.29) is 11.4 Å². The van der Waals surface area contributed by atoms with E-state index in [1.54, 1.807) is 0 Å². The van der Waals surface area contributed by atoms with Crippen LogP contribution in [-0.2, 0) is 4.79 Å². The van der Waals surface area contributed by atoms with Gasteiger partial charge >= 0.3 is 0 Å². The molecule has 2 saturated heterocycles. The Bertz CT molecular complexity index is 246. The van der Waals surface area contributed by atoms with Gasteiger partial charge in [0.15, 0.2) is 0 Å². The maximum atomic E-state index is 11.7. The molecule has 0 bridgehead atoms. The Kier molecular flexibility index (Phi) is 2.98. The van der Waals surface area contributed by atoms with E-state index < -0.39 is 0 Å². The lowest BCUT2D eigenvalue weighted by molar-refractivity contribution is -0.135. The van der Waals surface area contributed by atoms with Crippen LogP contribution in [0, 0.1) is 0 Å². The molecule has 2 aliphatic heterocycles. The summed E-state index contributed by atoms with van der Waals surface area (Å²) in [7, 11) is 0. The molecule has 2 aliphatic rings. The highest BCUT2D eigenvalue weighted by atomic mass is 16.2. The molecule has 1 atom stereocenters. The fourth-order valence-corrected chi connectivity index (χ4v) is 2.44. The number of amides is 1. The van der Waals surface area contributed by atoms with E-state index in [4.69, 9.17) is 0 Å². The summed E-state index contributed by atoms with van der Waals surface area (Å²) in [5.74, 6) is 0.159. The topological polar surface area (TPSA) is 44.4 Å². The van der Waals surface area contributed by atoms with Gasteiger partial charge in [0.2, 0.25) is 5.91 Å². The standard InChI is InChI=1S/C11H21N3O/c1-11(2)10(15)13-6-7-14(11)8-9-4-3-5-12-9/h9,12H,3-8H2,1-2H3,(H,13,15)/t9-/m0/s1. The summed E-state index contributed by atoms with van der Waals surface area (Å²) < 4.78 is 0. The highest BCUT2D eigenvalue weighted by molar-refractivity contribution is 5.86. The fourth-order valence-electron chi connectivity index (χ4n) is 2.44. The lowest BCUT2D eigenvalue weighted by atomic mass is 9.98. The molecule has 86 valence electrons. The Hall–Kier alpha value is -0.610. The van der Waals surface area contributed by atoms with Crippen LogP contribution < -0.4 is 10.6 Å². The molecule has 4 heteroatoms. The maximum Gasteiger partial charge on any atom is 0.240 e. The molecule has 0 spiro atoms. The Morgan fingerprint density at radius 2 is 2.27 bits per heavy atom. The first-order chi connectivity index (χ1) is 7.10. The molecule has 2 rings (SSSR count). The van der Waals surface area contributed by atoms with E-state index in [1.807, 2.05) is 13.8 Å². The van der Waals surface area contributed by atoms with Crippen LogP contribution in [0.15, 0.2) is 0 Å². The first-order valence-electron chi connectivity index (χ1n) is 5.87. The molecule has 0 aromatic heterocycles. The Labute approximate surface area is 91.4 Å². The fraction of sp³-hybridized carbons (Fsp3) is 0.909. The number of carbonyl (C=O) groups excluding carboxylic acids is 1. The minimum Gasteiger partial charge on any atom is -0.353 e. The second kappa shape index (κ2) is 4.10. The molecule has 2 fully saturated rings. The van der Waals surface area contributed by atoms with Crippen molar-refractivity contribution in [3.8, 4) is 0 Å². The molecule has 0 aromatic carbocycles. The molecule has 0 aliphatic carbocycles. The SMILES string of the molecule is CC1(C)C(=O)NCCN1C[C@@H]1CCCN1. The van der Waals surface area contributed by atoms with Gasteiger partial charge in [-0.2, -0.15) is 0 Å². The zero-order valence-corrected chi connectivity index (χ0v) is 9.68. The van der Waals surface area contributed by atoms with Gasteiger partial charge in [-0.1, -0.05) is 0 Å². The van der Waals surface area contributed by atoms with Crippen molar-refractivity contribution in [2.45, 2.75) is 38.3 Å². The predicted octanol–water partition coefficient (Wildman–Crippen LogP) is -0.0512. The van der Waals surface area contributed by atoms with Crippen LogP contribution in [-0.4, -0.2) is 48.6 Å². The van der Waals surface area contributed by atoms with Gasteiger partial charge in [-0.3, -0.25) is 9.69 Å². The molecule has 0 unspecified atom stereocenters. The van der Waals surface area contributed by atoms with Crippen LogP contribution in [0.3, 0.4) is 0 Å². The molecule has 0 saturated carbocycles. The minimum atomic E-state index is -0.345. The van der Waals surface area contributed by atoms with Gasteiger partial charge in [-0.05, 0) is 33.2 Å². The van der Waals surface area contributed by atoms with Crippen LogP contribution in [0.5, 0.6) is 0 Å². The second-order valence-corrected chi connectivity index (χ2v) is 5.05. The van der Waals surface area contributed by atoms with Crippen molar-refractivity contribution in [3.05, 3.63) is 0 Å². The van der Waals surface area contributed by atoms with E-state index in [0.29, 0.717) is 6.04 Å². The molecule has 0 radical (unpaired) electrons. The van der Waals surface area contributed by atoms with Crippen molar-refractivity contribution in [2.75, 3.05) is 26.2 Å². The molecule has 1 amide bonds. The number of rotatable bonds is 2. The van der Waals surface area contributed by atoms with Crippen LogP contribution in [0.4, 0.5) is 0 Å². The monoisotopic (exact) mass is 211 g/mol. The largest absolute Gasteiger partial charge is 0.353 e. The number of nitrogens with zero attached hydrogens (tertiary/aromatic N) is 1. The number of hydrogen-bond acceptors (Lipinski definition) is 3. The maximum absolute atomic E-state index is 11.7. The number of nitrogens with one attached hydrogen (secondary N) is 2. The van der Waals surface area contributed by atoms with Gasteiger partial charge in [0.25, 0.3) is 0 Å². The Morgan fingerprint density at radius 3 is 2.93 bits per heavy atom. The number of hydrogen-bond donors (Lipinski definition) is 2. The average Bonchev–Trinajstić information content (AvgIpc) is 2.66. The van der Waals surface area contributed by atoms with E-state index in [2.05, 4.69) is 15.5 Å². The molecular weight excluding hydrogens is 190 g/mol. The summed E-state index contributed by atoms with van der Waals surface area (Å²) in [4.78, 5) is 14.0. The molecule has 2 N–H and O–H groups in total. The van der Waals surface area contributed by atoms with E-state index >= 15 is 0 Å². The first-order valence-corrected chi connectivity index (χ1v) is 5.87. The zero-order valence-electron chi connectivity index (χ0n) is 9.68. The van der Waals surface area contributed by atoms with Crippen LogP contribution in [0.1, 0.15) is 26.7 Å². The van der Waals surface area contributed by atoms with Crippen molar-refractivity contribution in [3.63, 3.8) is 0 Å². The zero-order chi connectivity index (χ0) is 10.9. The van der Waals surface area contributed by atoms with Gasteiger partial charge in [0, 0.05) is 25.7 Å². The third kappa shape index (κ3) is 2.16. The smallest absolute Gasteiger partial charge is 0.240 e. The summed E-state index contributed by atoms with van der Waals surface area (Å²) in [6.07, 6.45) is 2.51. The van der Waals surface area contributed by atoms with Crippen molar-refractivity contribution in [2.24, 2.45) is 0 Å². The molecule has 15 heavy (non-hydrogen) atoms. The van der Waals surface area contributed by atoms with Gasteiger partial charge < -0.3 is 10.6 Å². The quantitative estimate of drug-likeness (QED) is 0.673. The first kappa shape index (κ1) is 10.9. The van der Waals surface area contributed by atoms with Crippen molar-refractivity contribution in [1.82, 2.24) is 15.5 Å². The predicted molar refractivity (Wildman–Crippen MR) is 59.7 cm³/mol. The summed E-state index contributed by atoms with van der Waals surface area (Å²) in [5.41, 5.74) is -0.345. The summed E-state index contributed by atoms with van der Waals surface area (Å²) in [5, 5.41) is 6.41. The van der Waals surface area contributed by atoms with Gasteiger partial charge in [0.05, 0.1) is 5.54 Å². The Morgan fingerprint density at radius 1 is 1.47 bits per heavy atom. The summed E-state index contributed by atoms with van der Waals surface area (Å²) in [6.45, 7) is 7.91. The third-order valence-electron chi connectivity index (χ3n) is 3.62. The van der Waals surface area contributed by atoms with Crippen LogP contribution in [0.2, 0.25) is 0 Å². The van der Waals surface area contributed by atoms with Crippen LogP contribution >= 0.6 is 0 Å². The molecule has 2 heterocycles. The van der Waals surface area contributed by atoms with Crippen molar-refractivity contribution >= 4 is 5.91 Å². The Balaban J connectivity index is 1.97. The van der Waals surface area contributed by atoms with Crippen LogP contribution in [0.25, 0.3) is 0 Å². The van der Waals surface area contributed by atoms with Crippen molar-refractivity contribution in [1.29, 1.82) is 0 Å². The van der Waals surface area contributed by atoms with Gasteiger partial charge in [0.1, 0.15) is 0 Å². The lowest BCUT2D eigenvalue weighted by Gasteiger charge is -2.42. The molecular formula is C11H21N3O. The number of piperazine rings is 1. The van der Waals surface area contributed by atoms with Gasteiger partial charge in [-0.25, -0.2) is 0 Å². The van der Waals surface area contributed by atoms with E-state index in [1.165, 1.54) is 12.8 Å². The normalized spacial score (nSPS) is 31.6. The average molecular weight is 211 g/mol. The summed E-state index contributed by atoms with van der Waals surface area (Å²) in [6, 6.07) is 0.579. The lowest BCUT2D eigenvalue weighted by Crippen LogP contribution is -2.63. The molecule has 4 nitrogen and oxygen atoms in total. The highest BCUT2D eigenvalue weighted by Crippen LogP contribution is 2.19. The third-order valence-corrected chi connectivity index (χ3v) is 3.62. The highest BCUT2D eigenvalue weighted by Gasteiger charge is 2.38. The minimum absolute atomic E-state index is 0.159. The van der Waals surface area contributed by atoms with Crippen molar-refractivity contribution < 1.29 is 4.79 Å².